The van der Waals surface area contributed by atoms with E-state index >= 15 is 0 Å². The Morgan fingerprint density at radius 1 is 0.929 bits per heavy atom. The van der Waals surface area contributed by atoms with Gasteiger partial charge in [0, 0.05) is 18.8 Å². The lowest BCUT2D eigenvalue weighted by molar-refractivity contribution is -0.120. The molecule has 150 valence electrons. The second-order valence-corrected chi connectivity index (χ2v) is 9.73. The van der Waals surface area contributed by atoms with Crippen molar-refractivity contribution in [3.8, 4) is 0 Å². The van der Waals surface area contributed by atoms with Crippen LogP contribution in [-0.2, 0) is 20.2 Å². The first kappa shape index (κ1) is 20.6. The minimum atomic E-state index is -3.55. The highest BCUT2D eigenvalue weighted by molar-refractivity contribution is 7.89. The van der Waals surface area contributed by atoms with Crippen LogP contribution in [-0.4, -0.2) is 31.7 Å². The molecule has 6 heteroatoms. The van der Waals surface area contributed by atoms with Crippen LogP contribution in [0.15, 0.2) is 59.5 Å². The molecule has 1 saturated heterocycles. The highest BCUT2D eigenvalue weighted by Gasteiger charge is 2.30. The fourth-order valence-corrected chi connectivity index (χ4v) is 5.00. The molecule has 2 aromatic rings. The maximum atomic E-state index is 13.0. The minimum Gasteiger partial charge on any atom is -0.325 e. The zero-order valence-corrected chi connectivity index (χ0v) is 17.3. The predicted molar refractivity (Wildman–Crippen MR) is 112 cm³/mol. The Morgan fingerprint density at radius 3 is 2.21 bits per heavy atom. The van der Waals surface area contributed by atoms with Crippen LogP contribution in [0.4, 0.5) is 5.69 Å². The zero-order chi connectivity index (χ0) is 20.2. The van der Waals surface area contributed by atoms with Crippen LogP contribution in [0, 0.1) is 0 Å². The third-order valence-electron chi connectivity index (χ3n) is 5.36. The van der Waals surface area contributed by atoms with Crippen LogP contribution in [0.1, 0.15) is 45.1 Å². The smallest absolute Gasteiger partial charge is 0.243 e. The number of nitrogens with zero attached hydrogens (tertiary/aromatic N) is 1. The van der Waals surface area contributed by atoms with Gasteiger partial charge in [-0.15, -0.1) is 0 Å². The lowest BCUT2D eigenvalue weighted by Crippen LogP contribution is -2.35. The van der Waals surface area contributed by atoms with Crippen LogP contribution < -0.4 is 5.32 Å². The Morgan fingerprint density at radius 2 is 1.57 bits per heavy atom. The second kappa shape index (κ2) is 8.45. The molecule has 0 atom stereocenters. The fourth-order valence-electron chi connectivity index (χ4n) is 3.44. The van der Waals surface area contributed by atoms with Crippen LogP contribution in [0.5, 0.6) is 0 Å². The van der Waals surface area contributed by atoms with Crippen molar-refractivity contribution in [2.24, 2.45) is 0 Å². The highest BCUT2D eigenvalue weighted by Crippen LogP contribution is 2.27. The molecule has 0 aliphatic carbocycles. The van der Waals surface area contributed by atoms with Gasteiger partial charge in [-0.05, 0) is 50.5 Å². The summed E-state index contributed by atoms with van der Waals surface area (Å²) in [5, 5.41) is 2.89. The van der Waals surface area contributed by atoms with Crippen molar-refractivity contribution < 1.29 is 13.2 Å². The molecule has 28 heavy (non-hydrogen) atoms. The van der Waals surface area contributed by atoms with Crippen LogP contribution in [0.3, 0.4) is 0 Å². The summed E-state index contributed by atoms with van der Waals surface area (Å²) in [5.41, 5.74) is 0.659. The third kappa shape index (κ3) is 4.45. The largest absolute Gasteiger partial charge is 0.325 e. The normalized spacial score (nSPS) is 16.4. The number of carbonyl (C=O) groups excluding carboxylic acids is 1. The number of rotatable bonds is 5. The topological polar surface area (TPSA) is 66.5 Å². The van der Waals surface area contributed by atoms with Crippen LogP contribution in [0.2, 0.25) is 0 Å². The number of carbonyl (C=O) groups is 1. The lowest BCUT2D eigenvalue weighted by atomic mass is 9.83. The van der Waals surface area contributed by atoms with E-state index in [4.69, 9.17) is 0 Å². The van der Waals surface area contributed by atoms with Gasteiger partial charge in [0.1, 0.15) is 0 Å². The van der Waals surface area contributed by atoms with E-state index in [1.807, 2.05) is 44.2 Å². The maximum Gasteiger partial charge on any atom is 0.243 e. The summed E-state index contributed by atoms with van der Waals surface area (Å²) < 4.78 is 27.6. The van der Waals surface area contributed by atoms with E-state index in [-0.39, 0.29) is 10.8 Å². The molecule has 0 saturated carbocycles. The first-order chi connectivity index (χ1) is 13.3. The standard InChI is InChI=1S/C22H28N2O3S/c1-22(2,18-11-6-5-7-12-18)21(25)23-19-13-10-14-20(17-19)28(26,27)24-15-8-3-4-9-16-24/h5-7,10-14,17H,3-4,8-9,15-16H2,1-2H3,(H,23,25). The third-order valence-corrected chi connectivity index (χ3v) is 7.25. The zero-order valence-electron chi connectivity index (χ0n) is 16.5. The van der Waals surface area contributed by atoms with E-state index < -0.39 is 15.4 Å². The number of benzene rings is 2. The second-order valence-electron chi connectivity index (χ2n) is 7.79. The molecule has 1 aliphatic heterocycles. The van der Waals surface area contributed by atoms with Gasteiger partial charge >= 0.3 is 0 Å². The van der Waals surface area contributed by atoms with E-state index in [0.717, 1.165) is 31.2 Å². The van der Waals surface area contributed by atoms with Gasteiger partial charge in [-0.25, -0.2) is 8.42 Å². The Balaban J connectivity index is 1.80. The molecule has 0 aromatic heterocycles. The van der Waals surface area contributed by atoms with Gasteiger partial charge in [-0.3, -0.25) is 4.79 Å². The molecule has 3 rings (SSSR count). The van der Waals surface area contributed by atoms with Crippen LogP contribution >= 0.6 is 0 Å². The number of hydrogen-bond donors (Lipinski definition) is 1. The summed E-state index contributed by atoms with van der Waals surface area (Å²) in [7, 11) is -3.55. The molecule has 5 nitrogen and oxygen atoms in total. The molecule has 2 aromatic carbocycles. The monoisotopic (exact) mass is 400 g/mol. The van der Waals surface area contributed by atoms with Crippen molar-refractivity contribution in [3.05, 3.63) is 60.2 Å². The first-order valence-electron chi connectivity index (χ1n) is 9.79. The minimum absolute atomic E-state index is 0.178. The van der Waals surface area contributed by atoms with Gasteiger partial charge in [0.05, 0.1) is 10.3 Å². The van der Waals surface area contributed by atoms with Crippen molar-refractivity contribution in [1.29, 1.82) is 0 Å². The van der Waals surface area contributed by atoms with E-state index in [9.17, 15) is 13.2 Å². The summed E-state index contributed by atoms with van der Waals surface area (Å²) in [4.78, 5) is 13.1. The van der Waals surface area contributed by atoms with Crippen molar-refractivity contribution in [2.45, 2.75) is 49.8 Å². The molecule has 0 spiro atoms. The molecule has 1 N–H and O–H groups in total. The molecular formula is C22H28N2O3S. The van der Waals surface area contributed by atoms with E-state index in [2.05, 4.69) is 5.32 Å². The first-order valence-corrected chi connectivity index (χ1v) is 11.2. The molecule has 1 aliphatic rings. The summed E-state index contributed by atoms with van der Waals surface area (Å²) in [5.74, 6) is -0.178. The Hall–Kier alpha value is -2.18. The lowest BCUT2D eigenvalue weighted by Gasteiger charge is -2.24. The molecule has 0 bridgehead atoms. The Kier molecular flexibility index (Phi) is 6.20. The van der Waals surface area contributed by atoms with E-state index in [1.54, 1.807) is 28.6 Å². The molecule has 1 fully saturated rings. The van der Waals surface area contributed by atoms with Crippen LogP contribution in [0.25, 0.3) is 0 Å². The summed E-state index contributed by atoms with van der Waals surface area (Å²) in [6, 6.07) is 16.1. The predicted octanol–water partition coefficient (Wildman–Crippen LogP) is 4.17. The average molecular weight is 401 g/mol. The average Bonchev–Trinajstić information content (AvgIpc) is 2.99. The molecular weight excluding hydrogens is 372 g/mol. The van der Waals surface area contributed by atoms with Gasteiger partial charge in [-0.2, -0.15) is 4.31 Å². The van der Waals surface area contributed by atoms with Crippen molar-refractivity contribution in [2.75, 3.05) is 18.4 Å². The van der Waals surface area contributed by atoms with Gasteiger partial charge < -0.3 is 5.32 Å². The highest BCUT2D eigenvalue weighted by atomic mass is 32.2. The molecule has 0 unspecified atom stereocenters. The Bertz CT molecular complexity index is 916. The fraction of sp³-hybridized carbons (Fsp3) is 0.409. The SMILES string of the molecule is CC(C)(C(=O)Nc1cccc(S(=O)(=O)N2CCCCCC2)c1)c1ccccc1. The number of anilines is 1. The molecule has 1 heterocycles. The molecule has 1 amide bonds. The summed E-state index contributed by atoms with van der Waals surface area (Å²) >= 11 is 0. The quantitative estimate of drug-likeness (QED) is 0.819. The number of hydrogen-bond acceptors (Lipinski definition) is 3. The summed E-state index contributed by atoms with van der Waals surface area (Å²) in [6.45, 7) is 4.82. The van der Waals surface area contributed by atoms with Gasteiger partial charge in [0.2, 0.25) is 15.9 Å². The summed E-state index contributed by atoms with van der Waals surface area (Å²) in [6.07, 6.45) is 3.91. The van der Waals surface area contributed by atoms with Crippen molar-refractivity contribution >= 4 is 21.6 Å². The number of amides is 1. The number of nitrogens with one attached hydrogen (secondary N) is 1. The van der Waals surface area contributed by atoms with Crippen molar-refractivity contribution in [3.63, 3.8) is 0 Å². The van der Waals surface area contributed by atoms with Gasteiger partial charge in [0.15, 0.2) is 0 Å². The number of sulfonamides is 1. The maximum absolute atomic E-state index is 13.0. The van der Waals surface area contributed by atoms with Crippen molar-refractivity contribution in [1.82, 2.24) is 4.31 Å². The van der Waals surface area contributed by atoms with E-state index in [1.165, 1.54) is 0 Å². The van der Waals surface area contributed by atoms with E-state index in [0.29, 0.717) is 18.8 Å². The van der Waals surface area contributed by atoms with Gasteiger partial charge in [0.25, 0.3) is 0 Å². The molecule has 0 radical (unpaired) electrons. The Labute approximate surface area is 167 Å². The van der Waals surface area contributed by atoms with Gasteiger partial charge in [-0.1, -0.05) is 49.2 Å².